The van der Waals surface area contributed by atoms with Crippen LogP contribution < -0.4 is 4.74 Å². The van der Waals surface area contributed by atoms with Gasteiger partial charge in [-0.3, -0.25) is 0 Å². The quantitative estimate of drug-likeness (QED) is 0.387. The first-order valence-electron chi connectivity index (χ1n) is 10.9. The lowest BCUT2D eigenvalue weighted by atomic mass is 9.96. The van der Waals surface area contributed by atoms with Crippen LogP contribution >= 0.6 is 0 Å². The molecule has 0 bridgehead atoms. The maximum atomic E-state index is 12.1. The van der Waals surface area contributed by atoms with Crippen LogP contribution in [-0.4, -0.2) is 36.9 Å². The molecule has 0 heterocycles. The van der Waals surface area contributed by atoms with Crippen LogP contribution in [0.25, 0.3) is 5.57 Å². The zero-order valence-electron chi connectivity index (χ0n) is 19.9. The molecule has 2 aromatic carbocycles. The van der Waals surface area contributed by atoms with E-state index in [2.05, 4.69) is 0 Å². The van der Waals surface area contributed by atoms with Crippen LogP contribution in [0.5, 0.6) is 5.75 Å². The maximum absolute atomic E-state index is 12.1. The largest absolute Gasteiger partial charge is 0.489 e. The number of allylic oxidation sites excluding steroid dienone is 3. The van der Waals surface area contributed by atoms with E-state index in [1.165, 1.54) is 20.3 Å². The molecule has 0 saturated carbocycles. The second kappa shape index (κ2) is 12.0. The lowest BCUT2D eigenvalue weighted by Crippen LogP contribution is -2.22. The van der Waals surface area contributed by atoms with Gasteiger partial charge in [-0.2, -0.15) is 0 Å². The normalized spacial score (nSPS) is 12.0. The summed E-state index contributed by atoms with van der Waals surface area (Å²) in [7, 11) is 2.52. The van der Waals surface area contributed by atoms with E-state index in [9.17, 15) is 14.7 Å². The van der Waals surface area contributed by atoms with Crippen molar-refractivity contribution in [2.24, 2.45) is 0 Å². The highest BCUT2D eigenvalue weighted by atomic mass is 16.5. The molecule has 0 amide bonds. The number of carbonyl (C=O) groups excluding carboxylic acids is 2. The summed E-state index contributed by atoms with van der Waals surface area (Å²) in [6, 6.07) is 12.5. The number of ether oxygens (including phenoxy) is 3. The van der Waals surface area contributed by atoms with Gasteiger partial charge in [0.15, 0.2) is 0 Å². The highest BCUT2D eigenvalue weighted by Crippen LogP contribution is 2.23. The van der Waals surface area contributed by atoms with Gasteiger partial charge >= 0.3 is 11.9 Å². The van der Waals surface area contributed by atoms with E-state index < -0.39 is 17.5 Å². The van der Waals surface area contributed by atoms with Crippen LogP contribution in [0.4, 0.5) is 0 Å². The van der Waals surface area contributed by atoms with E-state index in [1.807, 2.05) is 63.3 Å². The molecule has 0 spiro atoms. The van der Waals surface area contributed by atoms with Gasteiger partial charge in [-0.15, -0.1) is 0 Å². The van der Waals surface area contributed by atoms with Crippen molar-refractivity contribution >= 4 is 17.5 Å². The molecule has 6 heteroatoms. The van der Waals surface area contributed by atoms with Crippen molar-refractivity contribution in [2.75, 3.05) is 14.2 Å². The first-order chi connectivity index (χ1) is 15.8. The van der Waals surface area contributed by atoms with E-state index in [0.29, 0.717) is 24.2 Å². The Bertz CT molecular complexity index is 1030. The van der Waals surface area contributed by atoms with Crippen LogP contribution in [0.15, 0.2) is 60.7 Å². The summed E-state index contributed by atoms with van der Waals surface area (Å²) in [5.74, 6) is -0.561. The molecule has 0 fully saturated rings. The standard InChI is InChI=1S/C27H32O6/c1-6-27(30,7-2)15-9-10-19(3)21-11-8-12-22(17-21)33-18-20-13-14-23(25(28)31-4)24(16-20)26(29)32-5/h8-17,30H,6-7,18H2,1-5H3/b15-9+,19-10-. The lowest BCUT2D eigenvalue weighted by Gasteiger charge is -2.19. The van der Waals surface area contributed by atoms with E-state index >= 15 is 0 Å². The van der Waals surface area contributed by atoms with Crippen molar-refractivity contribution in [3.8, 4) is 5.75 Å². The molecular weight excluding hydrogens is 420 g/mol. The summed E-state index contributed by atoms with van der Waals surface area (Å²) in [6.45, 7) is 6.12. The van der Waals surface area contributed by atoms with E-state index in [-0.39, 0.29) is 17.7 Å². The van der Waals surface area contributed by atoms with Crippen LogP contribution in [0.1, 0.15) is 65.5 Å². The van der Waals surface area contributed by atoms with Gasteiger partial charge in [0.2, 0.25) is 0 Å². The average Bonchev–Trinajstić information content (AvgIpc) is 2.86. The summed E-state index contributed by atoms with van der Waals surface area (Å²) < 4.78 is 15.4. The van der Waals surface area contributed by atoms with Crippen molar-refractivity contribution < 1.29 is 28.9 Å². The number of esters is 2. The van der Waals surface area contributed by atoms with Gasteiger partial charge in [0, 0.05) is 0 Å². The Labute approximate surface area is 195 Å². The molecule has 2 aromatic rings. The monoisotopic (exact) mass is 452 g/mol. The van der Waals surface area contributed by atoms with Gasteiger partial charge in [-0.1, -0.05) is 50.3 Å². The van der Waals surface area contributed by atoms with Gasteiger partial charge in [0.1, 0.15) is 12.4 Å². The van der Waals surface area contributed by atoms with Crippen LogP contribution in [0.2, 0.25) is 0 Å². The van der Waals surface area contributed by atoms with Gasteiger partial charge < -0.3 is 19.3 Å². The minimum absolute atomic E-state index is 0.129. The number of hydrogen-bond acceptors (Lipinski definition) is 6. The SMILES string of the molecule is CCC(O)(/C=C/C=C(/C)c1cccc(OCc2ccc(C(=O)OC)c(C(=O)OC)c2)c1)CC. The first kappa shape index (κ1) is 25.9. The number of benzene rings is 2. The maximum Gasteiger partial charge on any atom is 0.338 e. The Morgan fingerprint density at radius 2 is 1.64 bits per heavy atom. The highest BCUT2D eigenvalue weighted by molar-refractivity contribution is 6.03. The Kier molecular flexibility index (Phi) is 9.43. The number of methoxy groups -OCH3 is 2. The molecule has 0 aliphatic rings. The summed E-state index contributed by atoms with van der Waals surface area (Å²) in [5.41, 5.74) is 2.22. The fourth-order valence-corrected chi connectivity index (χ4v) is 3.20. The highest BCUT2D eigenvalue weighted by Gasteiger charge is 2.19. The minimum atomic E-state index is -0.784. The summed E-state index contributed by atoms with van der Waals surface area (Å²) in [6.07, 6.45) is 6.99. The molecule has 33 heavy (non-hydrogen) atoms. The fourth-order valence-electron chi connectivity index (χ4n) is 3.20. The first-order valence-corrected chi connectivity index (χ1v) is 10.9. The minimum Gasteiger partial charge on any atom is -0.489 e. The van der Waals surface area contributed by atoms with Crippen molar-refractivity contribution in [3.05, 3.63) is 82.9 Å². The second-order valence-corrected chi connectivity index (χ2v) is 7.70. The number of aliphatic hydroxyl groups is 1. The molecule has 6 nitrogen and oxygen atoms in total. The number of rotatable bonds is 10. The predicted molar refractivity (Wildman–Crippen MR) is 128 cm³/mol. The van der Waals surface area contributed by atoms with Crippen LogP contribution in [0.3, 0.4) is 0 Å². The van der Waals surface area contributed by atoms with Gasteiger partial charge in [-0.25, -0.2) is 9.59 Å². The molecule has 0 unspecified atom stereocenters. The molecule has 2 rings (SSSR count). The van der Waals surface area contributed by atoms with Crippen LogP contribution in [0, 0.1) is 0 Å². The average molecular weight is 453 g/mol. The van der Waals surface area contributed by atoms with Crippen molar-refractivity contribution in [3.63, 3.8) is 0 Å². The summed E-state index contributed by atoms with van der Waals surface area (Å²) >= 11 is 0. The van der Waals surface area contributed by atoms with E-state index in [1.54, 1.807) is 12.1 Å². The van der Waals surface area contributed by atoms with E-state index in [0.717, 1.165) is 11.1 Å². The Morgan fingerprint density at radius 1 is 0.970 bits per heavy atom. The molecule has 0 atom stereocenters. The molecule has 1 N–H and O–H groups in total. The van der Waals surface area contributed by atoms with E-state index in [4.69, 9.17) is 14.2 Å². The molecule has 0 radical (unpaired) electrons. The molecule has 0 aromatic heterocycles. The number of hydrogen-bond donors (Lipinski definition) is 1. The third kappa shape index (κ3) is 7.05. The predicted octanol–water partition coefficient (Wildman–Crippen LogP) is 5.35. The second-order valence-electron chi connectivity index (χ2n) is 7.70. The molecular formula is C27H32O6. The summed E-state index contributed by atoms with van der Waals surface area (Å²) in [4.78, 5) is 24.0. The topological polar surface area (TPSA) is 82.1 Å². The Balaban J connectivity index is 2.16. The fraction of sp³-hybridized carbons (Fsp3) is 0.333. The third-order valence-corrected chi connectivity index (χ3v) is 5.57. The van der Waals surface area contributed by atoms with Gasteiger partial charge in [-0.05, 0) is 60.7 Å². The molecule has 176 valence electrons. The van der Waals surface area contributed by atoms with Gasteiger partial charge in [0.25, 0.3) is 0 Å². The third-order valence-electron chi connectivity index (χ3n) is 5.57. The van der Waals surface area contributed by atoms with Crippen molar-refractivity contribution in [1.82, 2.24) is 0 Å². The Morgan fingerprint density at radius 3 is 2.27 bits per heavy atom. The van der Waals surface area contributed by atoms with Crippen LogP contribution in [-0.2, 0) is 16.1 Å². The molecule has 0 aliphatic carbocycles. The molecule has 0 aliphatic heterocycles. The van der Waals surface area contributed by atoms with Crippen molar-refractivity contribution in [2.45, 2.75) is 45.8 Å². The zero-order valence-corrected chi connectivity index (χ0v) is 19.9. The lowest BCUT2D eigenvalue weighted by molar-refractivity contribution is 0.0555. The molecule has 0 saturated heterocycles. The zero-order chi connectivity index (χ0) is 24.4. The summed E-state index contributed by atoms with van der Waals surface area (Å²) in [5, 5.41) is 10.4. The van der Waals surface area contributed by atoms with Gasteiger partial charge in [0.05, 0.1) is 30.9 Å². The number of carbonyl (C=O) groups is 2. The smallest absolute Gasteiger partial charge is 0.338 e. The van der Waals surface area contributed by atoms with Crippen molar-refractivity contribution in [1.29, 1.82) is 0 Å². The Hall–Kier alpha value is -3.38.